The Morgan fingerprint density at radius 2 is 1.97 bits per heavy atom. The van der Waals surface area contributed by atoms with E-state index in [1.165, 1.54) is 17.7 Å². The molecule has 0 radical (unpaired) electrons. The van der Waals surface area contributed by atoms with Gasteiger partial charge in [-0.25, -0.2) is 4.39 Å². The summed E-state index contributed by atoms with van der Waals surface area (Å²) in [7, 11) is 0. The molecular weight excluding hydrogens is 377 g/mol. The summed E-state index contributed by atoms with van der Waals surface area (Å²) in [6.07, 6.45) is 1.09. The molecule has 1 saturated heterocycles. The molecule has 0 saturated carbocycles. The van der Waals surface area contributed by atoms with Gasteiger partial charge in [0.1, 0.15) is 29.7 Å². The van der Waals surface area contributed by atoms with E-state index in [9.17, 15) is 14.0 Å². The summed E-state index contributed by atoms with van der Waals surface area (Å²) in [5.74, 6) is 1.08. The molecule has 0 N–H and O–H groups in total. The van der Waals surface area contributed by atoms with Crippen LogP contribution >= 0.6 is 0 Å². The summed E-state index contributed by atoms with van der Waals surface area (Å²) in [6.45, 7) is 2.15. The SMILES string of the molecule is O=C1COc2cc(F)c(C(=O)N3CC(COc4ccc5c(c4)OCC5)C3)cc2C1. The zero-order valence-electron chi connectivity index (χ0n) is 15.8. The fourth-order valence-electron chi connectivity index (χ4n) is 3.92. The Morgan fingerprint density at radius 3 is 2.83 bits per heavy atom. The molecule has 5 rings (SSSR count). The summed E-state index contributed by atoms with van der Waals surface area (Å²) in [4.78, 5) is 25.8. The second-order valence-electron chi connectivity index (χ2n) is 7.70. The lowest BCUT2D eigenvalue weighted by Gasteiger charge is -2.39. The number of carbonyl (C=O) groups is 2. The normalized spacial score (nSPS) is 17.7. The number of benzene rings is 2. The molecule has 3 aliphatic rings. The molecule has 3 heterocycles. The van der Waals surface area contributed by atoms with Gasteiger partial charge < -0.3 is 19.1 Å². The van der Waals surface area contributed by atoms with Crippen LogP contribution in [0.5, 0.6) is 17.2 Å². The van der Waals surface area contributed by atoms with Crippen molar-refractivity contribution in [1.29, 1.82) is 0 Å². The molecule has 1 amide bonds. The molecular formula is C22H20FNO5. The first-order valence-electron chi connectivity index (χ1n) is 9.71. The van der Waals surface area contributed by atoms with Crippen LogP contribution in [0.4, 0.5) is 4.39 Å². The quantitative estimate of drug-likeness (QED) is 0.793. The van der Waals surface area contributed by atoms with Gasteiger partial charge >= 0.3 is 0 Å². The second kappa shape index (κ2) is 7.06. The van der Waals surface area contributed by atoms with E-state index in [1.807, 2.05) is 18.2 Å². The summed E-state index contributed by atoms with van der Waals surface area (Å²) >= 11 is 0. The first-order chi connectivity index (χ1) is 14.1. The smallest absolute Gasteiger partial charge is 0.256 e. The molecule has 0 atom stereocenters. The Hall–Kier alpha value is -3.09. The van der Waals surface area contributed by atoms with Crippen molar-refractivity contribution >= 4 is 11.7 Å². The van der Waals surface area contributed by atoms with Gasteiger partial charge in [-0.2, -0.15) is 0 Å². The molecule has 29 heavy (non-hydrogen) atoms. The minimum atomic E-state index is -0.624. The van der Waals surface area contributed by atoms with E-state index in [4.69, 9.17) is 14.2 Å². The number of likely N-dealkylation sites (tertiary alicyclic amines) is 1. The van der Waals surface area contributed by atoms with E-state index < -0.39 is 5.82 Å². The molecule has 0 unspecified atom stereocenters. The highest BCUT2D eigenvalue weighted by atomic mass is 19.1. The zero-order valence-corrected chi connectivity index (χ0v) is 15.8. The number of Topliss-reactive ketones (excluding diaryl/α,β-unsaturated/α-hetero) is 1. The number of amides is 1. The Kier molecular flexibility index (Phi) is 4.38. The van der Waals surface area contributed by atoms with Gasteiger partial charge in [0.05, 0.1) is 18.8 Å². The monoisotopic (exact) mass is 397 g/mol. The lowest BCUT2D eigenvalue weighted by Crippen LogP contribution is -2.52. The molecule has 0 aromatic heterocycles. The van der Waals surface area contributed by atoms with Gasteiger partial charge in [-0.05, 0) is 17.7 Å². The maximum atomic E-state index is 14.4. The highest BCUT2D eigenvalue weighted by molar-refractivity contribution is 5.96. The summed E-state index contributed by atoms with van der Waals surface area (Å²) in [5.41, 5.74) is 1.74. The third-order valence-corrected chi connectivity index (χ3v) is 5.55. The average Bonchev–Trinajstić information content (AvgIpc) is 3.14. The lowest BCUT2D eigenvalue weighted by atomic mass is 9.97. The number of carbonyl (C=O) groups excluding carboxylic acids is 2. The molecule has 2 aromatic carbocycles. The predicted octanol–water partition coefficient (Wildman–Crippen LogP) is 2.42. The summed E-state index contributed by atoms with van der Waals surface area (Å²) < 4.78 is 31.0. The van der Waals surface area contributed by atoms with Crippen LogP contribution in [-0.4, -0.2) is 49.5 Å². The second-order valence-corrected chi connectivity index (χ2v) is 7.70. The van der Waals surface area contributed by atoms with E-state index in [0.717, 1.165) is 17.9 Å². The largest absolute Gasteiger partial charge is 0.493 e. The standard InChI is InChI=1S/C22H20FNO5/c23-19-8-21-15(5-16(25)12-29-21)6-18(19)22(26)24-9-13(10-24)11-28-17-2-1-14-3-4-27-20(14)7-17/h1-2,6-8,13H,3-5,9-12H2. The minimum Gasteiger partial charge on any atom is -0.493 e. The van der Waals surface area contributed by atoms with E-state index in [0.29, 0.717) is 37.6 Å². The van der Waals surface area contributed by atoms with Gasteiger partial charge in [0.2, 0.25) is 0 Å². The van der Waals surface area contributed by atoms with E-state index >= 15 is 0 Å². The molecule has 6 nitrogen and oxygen atoms in total. The number of halogens is 1. The van der Waals surface area contributed by atoms with Gasteiger partial charge in [0.25, 0.3) is 5.91 Å². The van der Waals surface area contributed by atoms with Crippen LogP contribution in [0.1, 0.15) is 21.5 Å². The molecule has 7 heteroatoms. The molecule has 150 valence electrons. The van der Waals surface area contributed by atoms with Crippen molar-refractivity contribution in [3.63, 3.8) is 0 Å². The average molecular weight is 397 g/mol. The zero-order chi connectivity index (χ0) is 20.0. The van der Waals surface area contributed by atoms with Crippen LogP contribution in [0.2, 0.25) is 0 Å². The van der Waals surface area contributed by atoms with Gasteiger partial charge in [-0.3, -0.25) is 9.59 Å². The lowest BCUT2D eigenvalue weighted by molar-refractivity contribution is -0.121. The van der Waals surface area contributed by atoms with Crippen LogP contribution in [0.15, 0.2) is 30.3 Å². The predicted molar refractivity (Wildman–Crippen MR) is 101 cm³/mol. The Morgan fingerprint density at radius 1 is 1.14 bits per heavy atom. The van der Waals surface area contributed by atoms with Crippen molar-refractivity contribution in [1.82, 2.24) is 4.90 Å². The molecule has 0 aliphatic carbocycles. The third kappa shape index (κ3) is 3.41. The minimum absolute atomic E-state index is 0.0165. The van der Waals surface area contributed by atoms with Gasteiger partial charge in [-0.15, -0.1) is 0 Å². The van der Waals surface area contributed by atoms with E-state index in [1.54, 1.807) is 4.90 Å². The fraction of sp³-hybridized carbons (Fsp3) is 0.364. The van der Waals surface area contributed by atoms with Crippen molar-refractivity contribution in [3.8, 4) is 17.2 Å². The molecule has 0 bridgehead atoms. The number of hydrogen-bond donors (Lipinski definition) is 0. The van der Waals surface area contributed by atoms with Crippen molar-refractivity contribution in [3.05, 3.63) is 52.8 Å². The maximum absolute atomic E-state index is 14.4. The van der Waals surface area contributed by atoms with Crippen LogP contribution in [0.25, 0.3) is 0 Å². The number of hydrogen-bond acceptors (Lipinski definition) is 5. The first kappa shape index (κ1) is 18.0. The molecule has 2 aromatic rings. The van der Waals surface area contributed by atoms with Crippen LogP contribution in [-0.2, 0) is 17.6 Å². The molecule has 1 fully saturated rings. The Labute approximate surface area is 167 Å². The van der Waals surface area contributed by atoms with Crippen LogP contribution in [0.3, 0.4) is 0 Å². The van der Waals surface area contributed by atoms with Gasteiger partial charge in [-0.1, -0.05) is 6.07 Å². The number of nitrogens with zero attached hydrogens (tertiary/aromatic N) is 1. The van der Waals surface area contributed by atoms with Crippen molar-refractivity contribution < 1.29 is 28.2 Å². The van der Waals surface area contributed by atoms with Gasteiger partial charge in [0.15, 0.2) is 5.78 Å². The van der Waals surface area contributed by atoms with E-state index in [-0.39, 0.29) is 36.2 Å². The molecule has 0 spiro atoms. The fourth-order valence-corrected chi connectivity index (χ4v) is 3.92. The van der Waals surface area contributed by atoms with Crippen molar-refractivity contribution in [2.75, 3.05) is 32.9 Å². The first-order valence-corrected chi connectivity index (χ1v) is 9.71. The van der Waals surface area contributed by atoms with Crippen LogP contribution < -0.4 is 14.2 Å². The number of ketones is 1. The summed E-state index contributed by atoms with van der Waals surface area (Å²) in [5, 5.41) is 0. The van der Waals surface area contributed by atoms with Gasteiger partial charge in [0, 0.05) is 49.5 Å². The number of fused-ring (bicyclic) bond motifs is 2. The van der Waals surface area contributed by atoms with Crippen molar-refractivity contribution in [2.45, 2.75) is 12.8 Å². The number of rotatable bonds is 4. The Bertz CT molecular complexity index is 999. The molecule has 3 aliphatic heterocycles. The third-order valence-electron chi connectivity index (χ3n) is 5.55. The summed E-state index contributed by atoms with van der Waals surface area (Å²) in [6, 6.07) is 8.49. The Balaban J connectivity index is 1.18. The van der Waals surface area contributed by atoms with E-state index in [2.05, 4.69) is 0 Å². The topological polar surface area (TPSA) is 65.1 Å². The highest BCUT2D eigenvalue weighted by Crippen LogP contribution is 2.31. The van der Waals surface area contributed by atoms with Crippen molar-refractivity contribution in [2.24, 2.45) is 5.92 Å². The number of ether oxygens (including phenoxy) is 3. The maximum Gasteiger partial charge on any atom is 0.256 e. The highest BCUT2D eigenvalue weighted by Gasteiger charge is 2.34. The van der Waals surface area contributed by atoms with Crippen LogP contribution in [0, 0.1) is 11.7 Å².